The minimum atomic E-state index is -0.0658. The fourth-order valence-electron chi connectivity index (χ4n) is 2.01. The molecule has 2 N–H and O–H groups in total. The molecule has 2 unspecified atom stereocenters. The van der Waals surface area contributed by atoms with Crippen molar-refractivity contribution in [1.29, 1.82) is 0 Å². The normalized spacial score (nSPS) is 22.3. The van der Waals surface area contributed by atoms with Gasteiger partial charge in [0.25, 0.3) is 0 Å². The Morgan fingerprint density at radius 3 is 3.05 bits per heavy atom. The molecule has 0 spiro atoms. The second-order valence-electron chi connectivity index (χ2n) is 4.60. The van der Waals surface area contributed by atoms with Crippen molar-refractivity contribution in [3.05, 3.63) is 41.0 Å². The van der Waals surface area contributed by atoms with E-state index in [1.54, 1.807) is 11.8 Å². The van der Waals surface area contributed by atoms with Gasteiger partial charge in [-0.1, -0.05) is 22.8 Å². The average molecular weight is 312 g/mol. The maximum atomic E-state index is 5.94. The molecule has 0 radical (unpaired) electrons. The lowest BCUT2D eigenvalue weighted by atomic mass is 10.1. The molecule has 0 bridgehead atoms. The van der Waals surface area contributed by atoms with Crippen LogP contribution in [-0.2, 0) is 10.5 Å². The van der Waals surface area contributed by atoms with Gasteiger partial charge in [-0.05, 0) is 18.2 Å². The molecule has 0 aliphatic carbocycles. The van der Waals surface area contributed by atoms with E-state index in [2.05, 4.69) is 10.1 Å². The van der Waals surface area contributed by atoms with E-state index in [1.807, 2.05) is 24.3 Å². The van der Waals surface area contributed by atoms with Crippen LogP contribution in [0.4, 0.5) is 0 Å². The fourth-order valence-corrected chi connectivity index (χ4v) is 3.06. The third kappa shape index (κ3) is 3.15. The first kappa shape index (κ1) is 13.9. The topological polar surface area (TPSA) is 74.2 Å². The van der Waals surface area contributed by atoms with Crippen LogP contribution < -0.4 is 5.73 Å². The minimum Gasteiger partial charge on any atom is -0.379 e. The van der Waals surface area contributed by atoms with E-state index in [0.29, 0.717) is 30.7 Å². The van der Waals surface area contributed by atoms with Crippen LogP contribution in [0.25, 0.3) is 0 Å². The van der Waals surface area contributed by atoms with Gasteiger partial charge in [0.2, 0.25) is 5.89 Å². The number of rotatable bonds is 4. The molecule has 2 heterocycles. The number of nitrogens with zero attached hydrogens (tertiary/aromatic N) is 2. The van der Waals surface area contributed by atoms with Gasteiger partial charge in [-0.15, -0.1) is 11.8 Å². The highest BCUT2D eigenvalue weighted by Crippen LogP contribution is 2.26. The third-order valence-electron chi connectivity index (χ3n) is 3.09. The standard InChI is InChI=1S/C13H14ClN3O2S/c14-8-2-1-3-9(4-8)20-7-12-16-13(19-17-12)10-5-18-6-11(10)15/h1-4,10-11H,5-7,15H2. The molecule has 1 aromatic heterocycles. The first-order valence-corrected chi connectivity index (χ1v) is 7.63. The largest absolute Gasteiger partial charge is 0.379 e. The number of thioether (sulfide) groups is 1. The van der Waals surface area contributed by atoms with Crippen LogP contribution in [0.2, 0.25) is 5.02 Å². The van der Waals surface area contributed by atoms with Crippen LogP contribution in [0.1, 0.15) is 17.6 Å². The molecule has 2 atom stereocenters. The molecule has 1 aliphatic heterocycles. The molecule has 2 aromatic rings. The van der Waals surface area contributed by atoms with Gasteiger partial charge in [0.15, 0.2) is 5.82 Å². The number of benzene rings is 1. The number of halogens is 1. The molecule has 1 saturated heterocycles. The van der Waals surface area contributed by atoms with Gasteiger partial charge in [-0.2, -0.15) is 4.98 Å². The van der Waals surface area contributed by atoms with Gasteiger partial charge in [-0.25, -0.2) is 0 Å². The summed E-state index contributed by atoms with van der Waals surface area (Å²) in [5, 5.41) is 4.70. The molecule has 7 heteroatoms. The summed E-state index contributed by atoms with van der Waals surface area (Å²) in [6.07, 6.45) is 0. The van der Waals surface area contributed by atoms with Crippen LogP contribution in [-0.4, -0.2) is 29.4 Å². The fraction of sp³-hybridized carbons (Fsp3) is 0.385. The summed E-state index contributed by atoms with van der Waals surface area (Å²) >= 11 is 7.55. The zero-order valence-corrected chi connectivity index (χ0v) is 12.2. The Balaban J connectivity index is 1.63. The summed E-state index contributed by atoms with van der Waals surface area (Å²) < 4.78 is 10.6. The third-order valence-corrected chi connectivity index (χ3v) is 4.31. The monoisotopic (exact) mass is 311 g/mol. The molecule has 1 aromatic carbocycles. The Labute approximate surface area is 125 Å². The van der Waals surface area contributed by atoms with E-state index < -0.39 is 0 Å². The zero-order chi connectivity index (χ0) is 13.9. The van der Waals surface area contributed by atoms with Gasteiger partial charge in [0.05, 0.1) is 24.9 Å². The molecule has 1 aliphatic rings. The molecule has 5 nitrogen and oxygen atoms in total. The minimum absolute atomic E-state index is 0.00687. The Hall–Kier alpha value is -1.08. The highest BCUT2D eigenvalue weighted by atomic mass is 35.5. The highest BCUT2D eigenvalue weighted by molar-refractivity contribution is 7.98. The van der Waals surface area contributed by atoms with Crippen molar-refractivity contribution in [2.75, 3.05) is 13.2 Å². The number of hydrogen-bond donors (Lipinski definition) is 1. The molecule has 1 fully saturated rings. The van der Waals surface area contributed by atoms with Crippen molar-refractivity contribution in [1.82, 2.24) is 10.1 Å². The van der Waals surface area contributed by atoms with E-state index in [-0.39, 0.29) is 12.0 Å². The highest BCUT2D eigenvalue weighted by Gasteiger charge is 2.31. The van der Waals surface area contributed by atoms with Crippen LogP contribution in [0.3, 0.4) is 0 Å². The number of nitrogens with two attached hydrogens (primary N) is 1. The number of ether oxygens (including phenoxy) is 1. The summed E-state index contributed by atoms with van der Waals surface area (Å²) in [7, 11) is 0. The van der Waals surface area contributed by atoms with Crippen molar-refractivity contribution in [2.24, 2.45) is 5.73 Å². The molecular weight excluding hydrogens is 298 g/mol. The van der Waals surface area contributed by atoms with E-state index in [1.165, 1.54) is 0 Å². The van der Waals surface area contributed by atoms with Crippen molar-refractivity contribution >= 4 is 23.4 Å². The Morgan fingerprint density at radius 2 is 2.30 bits per heavy atom. The predicted octanol–water partition coefficient (Wildman–Crippen LogP) is 2.46. The molecule has 106 valence electrons. The van der Waals surface area contributed by atoms with Crippen molar-refractivity contribution in [3.63, 3.8) is 0 Å². The lowest BCUT2D eigenvalue weighted by Crippen LogP contribution is -2.27. The predicted molar refractivity (Wildman–Crippen MR) is 76.8 cm³/mol. The Bertz CT molecular complexity index is 593. The molecule has 0 amide bonds. The van der Waals surface area contributed by atoms with E-state index in [4.69, 9.17) is 26.6 Å². The lowest BCUT2D eigenvalue weighted by molar-refractivity contribution is 0.187. The van der Waals surface area contributed by atoms with E-state index in [9.17, 15) is 0 Å². The Morgan fingerprint density at radius 1 is 1.40 bits per heavy atom. The SMILES string of the molecule is NC1COCC1c1nc(CSc2cccc(Cl)c2)no1. The zero-order valence-electron chi connectivity index (χ0n) is 10.7. The average Bonchev–Trinajstić information content (AvgIpc) is 3.05. The Kier molecular flexibility index (Phi) is 4.26. The quantitative estimate of drug-likeness (QED) is 0.874. The van der Waals surface area contributed by atoms with E-state index in [0.717, 1.165) is 9.92 Å². The van der Waals surface area contributed by atoms with Gasteiger partial charge < -0.3 is 15.0 Å². The number of aromatic nitrogens is 2. The lowest BCUT2D eigenvalue weighted by Gasteiger charge is -2.06. The number of hydrogen-bond acceptors (Lipinski definition) is 6. The smallest absolute Gasteiger partial charge is 0.233 e. The van der Waals surface area contributed by atoms with Gasteiger partial charge in [0, 0.05) is 16.0 Å². The van der Waals surface area contributed by atoms with Gasteiger partial charge in [-0.3, -0.25) is 0 Å². The van der Waals surface area contributed by atoms with Crippen LogP contribution in [0.15, 0.2) is 33.7 Å². The van der Waals surface area contributed by atoms with Crippen LogP contribution in [0.5, 0.6) is 0 Å². The summed E-state index contributed by atoms with van der Waals surface area (Å²) in [6, 6.07) is 7.61. The van der Waals surface area contributed by atoms with Gasteiger partial charge >= 0.3 is 0 Å². The second-order valence-corrected chi connectivity index (χ2v) is 6.09. The molecule has 0 saturated carbocycles. The first-order chi connectivity index (χ1) is 9.72. The summed E-state index contributed by atoms with van der Waals surface area (Å²) in [6.45, 7) is 1.09. The molecule has 20 heavy (non-hydrogen) atoms. The summed E-state index contributed by atoms with van der Waals surface area (Å²) in [5.41, 5.74) is 5.93. The summed E-state index contributed by atoms with van der Waals surface area (Å²) in [5.74, 6) is 1.86. The second kappa shape index (κ2) is 6.13. The molecular formula is C13H14ClN3O2S. The van der Waals surface area contributed by atoms with Crippen LogP contribution in [0, 0.1) is 0 Å². The maximum absolute atomic E-state index is 5.94. The van der Waals surface area contributed by atoms with Crippen LogP contribution >= 0.6 is 23.4 Å². The van der Waals surface area contributed by atoms with Crippen molar-refractivity contribution in [2.45, 2.75) is 22.6 Å². The molecule has 3 rings (SSSR count). The first-order valence-electron chi connectivity index (χ1n) is 6.26. The summed E-state index contributed by atoms with van der Waals surface area (Å²) in [4.78, 5) is 5.46. The maximum Gasteiger partial charge on any atom is 0.233 e. The van der Waals surface area contributed by atoms with E-state index >= 15 is 0 Å². The van der Waals surface area contributed by atoms with Crippen molar-refractivity contribution in [3.8, 4) is 0 Å². The van der Waals surface area contributed by atoms with Crippen molar-refractivity contribution < 1.29 is 9.26 Å². The van der Waals surface area contributed by atoms with Gasteiger partial charge in [0.1, 0.15) is 0 Å².